The first-order chi connectivity index (χ1) is 13.5. The van der Waals surface area contributed by atoms with Crippen molar-refractivity contribution in [3.05, 3.63) is 64.9 Å². The number of benzene rings is 1. The first kappa shape index (κ1) is 18.2. The number of aryl methyl sites for hydroxylation is 3. The molecule has 0 saturated carbocycles. The Kier molecular flexibility index (Phi) is 4.83. The van der Waals surface area contributed by atoms with E-state index in [9.17, 15) is 4.79 Å². The maximum absolute atomic E-state index is 12.3. The molecule has 0 fully saturated rings. The molecule has 7 heteroatoms. The highest BCUT2D eigenvalue weighted by Crippen LogP contribution is 2.26. The molecule has 1 N–H and O–H groups in total. The number of pyridine rings is 1. The largest absolute Gasteiger partial charge is 0.480 e. The van der Waals surface area contributed by atoms with Crippen molar-refractivity contribution in [3.8, 4) is 17.0 Å². The van der Waals surface area contributed by atoms with Crippen molar-refractivity contribution < 1.29 is 9.53 Å². The Labute approximate surface area is 166 Å². The molecule has 1 amide bonds. The molecule has 1 aromatic carbocycles. The molecule has 0 atom stereocenters. The van der Waals surface area contributed by atoms with Crippen LogP contribution in [0.2, 0.25) is 0 Å². The summed E-state index contributed by atoms with van der Waals surface area (Å²) in [5.74, 6) is 0.312. The van der Waals surface area contributed by atoms with E-state index in [2.05, 4.69) is 41.3 Å². The maximum Gasteiger partial charge on any atom is 0.264 e. The number of anilines is 1. The number of imidazole rings is 1. The molecule has 0 aliphatic heterocycles. The van der Waals surface area contributed by atoms with Gasteiger partial charge in [0.05, 0.1) is 11.4 Å². The van der Waals surface area contributed by atoms with Crippen LogP contribution in [0.5, 0.6) is 5.75 Å². The smallest absolute Gasteiger partial charge is 0.264 e. The van der Waals surface area contributed by atoms with E-state index in [1.54, 1.807) is 6.07 Å². The zero-order valence-corrected chi connectivity index (χ0v) is 16.7. The minimum absolute atomic E-state index is 0.107. The van der Waals surface area contributed by atoms with E-state index in [0.717, 1.165) is 17.0 Å². The SMILES string of the molecule is Cc1cn2cccc(OCC(=O)Nc3nc(-c4ccc(C)c(C)c4)cs3)c2n1. The second-order valence-corrected chi connectivity index (χ2v) is 7.52. The molecule has 142 valence electrons. The number of amides is 1. The van der Waals surface area contributed by atoms with E-state index in [1.165, 1.54) is 22.5 Å². The molecule has 0 spiro atoms. The zero-order chi connectivity index (χ0) is 19.7. The minimum Gasteiger partial charge on any atom is -0.480 e. The average molecular weight is 392 g/mol. The van der Waals surface area contributed by atoms with Crippen LogP contribution in [0.25, 0.3) is 16.9 Å². The summed E-state index contributed by atoms with van der Waals surface area (Å²) in [5.41, 5.74) is 5.93. The first-order valence-electron chi connectivity index (χ1n) is 8.90. The van der Waals surface area contributed by atoms with Crippen LogP contribution in [0.1, 0.15) is 16.8 Å². The van der Waals surface area contributed by atoms with Gasteiger partial charge in [0.2, 0.25) is 0 Å². The van der Waals surface area contributed by atoms with Crippen molar-refractivity contribution in [1.29, 1.82) is 0 Å². The summed E-state index contributed by atoms with van der Waals surface area (Å²) >= 11 is 1.40. The molecule has 0 radical (unpaired) electrons. The lowest BCUT2D eigenvalue weighted by molar-refractivity contribution is -0.118. The Balaban J connectivity index is 1.41. The lowest BCUT2D eigenvalue weighted by atomic mass is 10.1. The van der Waals surface area contributed by atoms with Crippen LogP contribution >= 0.6 is 11.3 Å². The Hall–Kier alpha value is -3.19. The predicted octanol–water partition coefficient (Wildman–Crippen LogP) is 4.40. The number of ether oxygens (including phenoxy) is 1. The summed E-state index contributed by atoms with van der Waals surface area (Å²) in [6.07, 6.45) is 3.80. The quantitative estimate of drug-likeness (QED) is 0.547. The van der Waals surface area contributed by atoms with Crippen LogP contribution in [0.4, 0.5) is 5.13 Å². The zero-order valence-electron chi connectivity index (χ0n) is 15.9. The molecule has 4 aromatic rings. The molecular formula is C21H20N4O2S. The number of aromatic nitrogens is 3. The molecule has 6 nitrogen and oxygen atoms in total. The van der Waals surface area contributed by atoms with Gasteiger partial charge < -0.3 is 9.14 Å². The normalized spacial score (nSPS) is 11.0. The monoisotopic (exact) mass is 392 g/mol. The van der Waals surface area contributed by atoms with Gasteiger partial charge in [-0.1, -0.05) is 12.1 Å². The van der Waals surface area contributed by atoms with Gasteiger partial charge in [0.1, 0.15) is 0 Å². The van der Waals surface area contributed by atoms with Crippen LogP contribution in [0.3, 0.4) is 0 Å². The molecule has 3 aromatic heterocycles. The van der Waals surface area contributed by atoms with Gasteiger partial charge in [0.15, 0.2) is 23.1 Å². The van der Waals surface area contributed by atoms with E-state index >= 15 is 0 Å². The number of carbonyl (C=O) groups is 1. The van der Waals surface area contributed by atoms with Crippen molar-refractivity contribution in [1.82, 2.24) is 14.4 Å². The highest BCUT2D eigenvalue weighted by Gasteiger charge is 2.11. The van der Waals surface area contributed by atoms with Crippen molar-refractivity contribution in [2.45, 2.75) is 20.8 Å². The molecule has 0 bridgehead atoms. The van der Waals surface area contributed by atoms with E-state index in [1.807, 2.05) is 41.2 Å². The fraction of sp³-hybridized carbons (Fsp3) is 0.190. The number of rotatable bonds is 5. The summed E-state index contributed by atoms with van der Waals surface area (Å²) in [6, 6.07) is 9.88. The van der Waals surface area contributed by atoms with Crippen molar-refractivity contribution >= 4 is 28.0 Å². The average Bonchev–Trinajstić information content (AvgIpc) is 3.28. The lowest BCUT2D eigenvalue weighted by Gasteiger charge is -2.07. The number of hydrogen-bond acceptors (Lipinski definition) is 5. The summed E-state index contributed by atoms with van der Waals surface area (Å²) in [5, 5.41) is 5.29. The van der Waals surface area contributed by atoms with Crippen LogP contribution < -0.4 is 10.1 Å². The third kappa shape index (κ3) is 3.75. The topological polar surface area (TPSA) is 68.5 Å². The van der Waals surface area contributed by atoms with E-state index < -0.39 is 0 Å². The highest BCUT2D eigenvalue weighted by atomic mass is 32.1. The second kappa shape index (κ2) is 7.44. The van der Waals surface area contributed by atoms with E-state index in [4.69, 9.17) is 4.74 Å². The summed E-state index contributed by atoms with van der Waals surface area (Å²) < 4.78 is 7.54. The van der Waals surface area contributed by atoms with Crippen molar-refractivity contribution in [2.24, 2.45) is 0 Å². The predicted molar refractivity (Wildman–Crippen MR) is 111 cm³/mol. The molecule has 0 unspecified atom stereocenters. The van der Waals surface area contributed by atoms with Crippen LogP contribution in [-0.2, 0) is 4.79 Å². The van der Waals surface area contributed by atoms with E-state index in [0.29, 0.717) is 16.5 Å². The van der Waals surface area contributed by atoms with Gasteiger partial charge in [0.25, 0.3) is 5.91 Å². The van der Waals surface area contributed by atoms with Gasteiger partial charge in [-0.15, -0.1) is 11.3 Å². The molecular weight excluding hydrogens is 372 g/mol. The molecule has 0 saturated heterocycles. The summed E-state index contributed by atoms with van der Waals surface area (Å²) in [6.45, 7) is 5.97. The summed E-state index contributed by atoms with van der Waals surface area (Å²) in [7, 11) is 0. The van der Waals surface area contributed by atoms with Gasteiger partial charge in [-0.25, -0.2) is 9.97 Å². The van der Waals surface area contributed by atoms with Gasteiger partial charge >= 0.3 is 0 Å². The minimum atomic E-state index is -0.258. The first-order valence-corrected chi connectivity index (χ1v) is 9.78. The fourth-order valence-corrected chi connectivity index (χ4v) is 3.62. The Bertz CT molecular complexity index is 1160. The van der Waals surface area contributed by atoms with Crippen molar-refractivity contribution in [2.75, 3.05) is 11.9 Å². The Morgan fingerprint density at radius 3 is 2.86 bits per heavy atom. The lowest BCUT2D eigenvalue weighted by Crippen LogP contribution is -2.20. The Morgan fingerprint density at radius 2 is 2.04 bits per heavy atom. The number of fused-ring (bicyclic) bond motifs is 1. The maximum atomic E-state index is 12.3. The molecule has 0 aliphatic carbocycles. The summed E-state index contributed by atoms with van der Waals surface area (Å²) in [4.78, 5) is 21.2. The number of hydrogen-bond donors (Lipinski definition) is 1. The molecule has 3 heterocycles. The molecule has 28 heavy (non-hydrogen) atoms. The van der Waals surface area contributed by atoms with Crippen LogP contribution in [0.15, 0.2) is 48.1 Å². The number of thiazole rings is 1. The number of nitrogens with one attached hydrogen (secondary N) is 1. The molecule has 4 rings (SSSR count). The standard InChI is InChI=1S/C21H20N4O2S/c1-13-6-7-16(9-14(13)2)17-12-28-21(23-17)24-19(26)11-27-18-5-4-8-25-10-15(3)22-20(18)25/h4-10,12H,11H2,1-3H3,(H,23,24,26). The van der Waals surface area contributed by atoms with Gasteiger partial charge in [-0.05, 0) is 50.1 Å². The third-order valence-electron chi connectivity index (χ3n) is 4.48. The van der Waals surface area contributed by atoms with Crippen LogP contribution in [0, 0.1) is 20.8 Å². The molecule has 0 aliphatic rings. The van der Waals surface area contributed by atoms with Gasteiger partial charge in [-0.3, -0.25) is 10.1 Å². The Morgan fingerprint density at radius 1 is 1.18 bits per heavy atom. The van der Waals surface area contributed by atoms with Gasteiger partial charge in [-0.2, -0.15) is 0 Å². The fourth-order valence-electron chi connectivity index (χ4n) is 2.89. The van der Waals surface area contributed by atoms with Gasteiger partial charge in [0, 0.05) is 23.3 Å². The number of carbonyl (C=O) groups excluding carboxylic acids is 1. The number of nitrogens with zero attached hydrogens (tertiary/aromatic N) is 3. The third-order valence-corrected chi connectivity index (χ3v) is 5.24. The van der Waals surface area contributed by atoms with E-state index in [-0.39, 0.29) is 12.5 Å². The van der Waals surface area contributed by atoms with Crippen molar-refractivity contribution in [3.63, 3.8) is 0 Å². The second-order valence-electron chi connectivity index (χ2n) is 6.66. The van der Waals surface area contributed by atoms with Crippen LogP contribution in [-0.4, -0.2) is 26.9 Å². The highest BCUT2D eigenvalue weighted by molar-refractivity contribution is 7.14.